The van der Waals surface area contributed by atoms with E-state index in [4.69, 9.17) is 10.00 Å². The van der Waals surface area contributed by atoms with Gasteiger partial charge >= 0.3 is 0 Å². The molecule has 6 nitrogen and oxygen atoms in total. The average Bonchev–Trinajstić information content (AvgIpc) is 2.85. The van der Waals surface area contributed by atoms with Crippen molar-refractivity contribution in [2.75, 3.05) is 18.6 Å². The van der Waals surface area contributed by atoms with Gasteiger partial charge in [0.1, 0.15) is 5.75 Å². The second-order valence-corrected chi connectivity index (χ2v) is 7.16. The number of pyridine rings is 1. The van der Waals surface area contributed by atoms with Crippen LogP contribution in [0.25, 0.3) is 16.5 Å². The van der Waals surface area contributed by atoms with Gasteiger partial charge in [-0.2, -0.15) is 5.26 Å². The Morgan fingerprint density at radius 3 is 2.28 bits per heavy atom. The number of carbonyl (C=O) groups excluding carboxylic acids is 1. The molecule has 0 fully saturated rings. The largest absolute Gasteiger partial charge is 0.497 e. The molecule has 158 valence electrons. The number of anilines is 1. The molecule has 0 atom stereocenters. The van der Waals surface area contributed by atoms with Crippen molar-refractivity contribution in [3.05, 3.63) is 101 Å². The second kappa shape index (κ2) is 9.19. The van der Waals surface area contributed by atoms with Crippen molar-refractivity contribution in [1.82, 2.24) is 4.57 Å². The summed E-state index contributed by atoms with van der Waals surface area (Å²) in [4.78, 5) is 28.6. The van der Waals surface area contributed by atoms with Crippen molar-refractivity contribution in [2.45, 2.75) is 6.42 Å². The summed E-state index contributed by atoms with van der Waals surface area (Å²) in [6.45, 7) is 0.245. The van der Waals surface area contributed by atoms with Crippen molar-refractivity contribution < 1.29 is 9.53 Å². The molecule has 32 heavy (non-hydrogen) atoms. The van der Waals surface area contributed by atoms with Crippen LogP contribution < -0.4 is 15.2 Å². The molecular formula is C26H21N3O3. The van der Waals surface area contributed by atoms with Crippen LogP contribution in [0.2, 0.25) is 0 Å². The fraction of sp³-hybridized carbons (Fsp3) is 0.115. The summed E-state index contributed by atoms with van der Waals surface area (Å²) in [7, 11) is 1.58. The van der Waals surface area contributed by atoms with E-state index in [0.29, 0.717) is 33.5 Å². The molecular weight excluding hydrogens is 402 g/mol. The number of hydrogen-bond donors (Lipinski definition) is 0. The smallest absolute Gasteiger partial charge is 0.262 e. The number of para-hydroxylation sites is 1. The van der Waals surface area contributed by atoms with E-state index in [1.54, 1.807) is 66.7 Å². The number of aromatic nitrogens is 1. The van der Waals surface area contributed by atoms with Crippen LogP contribution in [0.3, 0.4) is 0 Å². The molecule has 0 aliphatic heterocycles. The third kappa shape index (κ3) is 3.96. The molecule has 4 aromatic rings. The summed E-state index contributed by atoms with van der Waals surface area (Å²) >= 11 is 0. The maximum Gasteiger partial charge on any atom is 0.262 e. The Kier molecular flexibility index (Phi) is 6.00. The average molecular weight is 423 g/mol. The fourth-order valence-electron chi connectivity index (χ4n) is 3.66. The molecule has 1 amide bonds. The highest BCUT2D eigenvalue weighted by Gasteiger charge is 2.22. The third-order valence-corrected chi connectivity index (χ3v) is 5.27. The number of fused-ring (bicyclic) bond motifs is 1. The molecule has 4 rings (SSSR count). The fourth-order valence-corrected chi connectivity index (χ4v) is 3.66. The van der Waals surface area contributed by atoms with Crippen LogP contribution in [0.4, 0.5) is 5.69 Å². The monoisotopic (exact) mass is 423 g/mol. The maximum absolute atomic E-state index is 13.7. The first-order chi connectivity index (χ1) is 15.6. The van der Waals surface area contributed by atoms with E-state index in [0.717, 1.165) is 0 Å². The Hall–Kier alpha value is -4.37. The van der Waals surface area contributed by atoms with Gasteiger partial charge in [-0.1, -0.05) is 36.4 Å². The molecule has 0 aliphatic carbocycles. The van der Waals surface area contributed by atoms with Gasteiger partial charge in [-0.25, -0.2) is 0 Å². The Morgan fingerprint density at radius 1 is 0.969 bits per heavy atom. The summed E-state index contributed by atoms with van der Waals surface area (Å²) in [6.07, 6.45) is 1.77. The first-order valence-corrected chi connectivity index (χ1v) is 10.2. The number of carbonyl (C=O) groups is 1. The summed E-state index contributed by atoms with van der Waals surface area (Å²) in [6, 6.07) is 25.5. The van der Waals surface area contributed by atoms with Gasteiger partial charge < -0.3 is 9.64 Å². The number of hydrogen-bond acceptors (Lipinski definition) is 4. The SMILES string of the molecule is COc1ccc(-n2cc(C(=O)N(CCC#N)c3ccccc3)c3ccccc3c2=O)cc1. The first-order valence-electron chi connectivity index (χ1n) is 10.2. The van der Waals surface area contributed by atoms with Gasteiger partial charge in [0.05, 0.1) is 25.2 Å². The predicted octanol–water partition coefficient (Wildman–Crippen LogP) is 4.56. The van der Waals surface area contributed by atoms with E-state index in [9.17, 15) is 9.59 Å². The minimum absolute atomic E-state index is 0.191. The van der Waals surface area contributed by atoms with E-state index < -0.39 is 0 Å². The number of nitriles is 1. The maximum atomic E-state index is 13.7. The van der Waals surface area contributed by atoms with Gasteiger partial charge in [0.15, 0.2) is 0 Å². The number of nitrogens with zero attached hydrogens (tertiary/aromatic N) is 3. The predicted molar refractivity (Wildman–Crippen MR) is 124 cm³/mol. The Labute approximate surface area is 185 Å². The number of rotatable bonds is 6. The third-order valence-electron chi connectivity index (χ3n) is 5.27. The van der Waals surface area contributed by atoms with Gasteiger partial charge in [0.2, 0.25) is 0 Å². The van der Waals surface area contributed by atoms with Crippen molar-refractivity contribution >= 4 is 22.4 Å². The minimum Gasteiger partial charge on any atom is -0.497 e. The molecule has 0 aliphatic rings. The van der Waals surface area contributed by atoms with Gasteiger partial charge in [-0.05, 0) is 42.5 Å². The zero-order valence-electron chi connectivity index (χ0n) is 17.6. The molecule has 3 aromatic carbocycles. The summed E-state index contributed by atoms with van der Waals surface area (Å²) in [5.41, 5.74) is 1.49. The topological polar surface area (TPSA) is 75.3 Å². The quantitative estimate of drug-likeness (QED) is 0.456. The highest BCUT2D eigenvalue weighted by molar-refractivity contribution is 6.13. The zero-order valence-corrected chi connectivity index (χ0v) is 17.6. The number of methoxy groups -OCH3 is 1. The van der Waals surface area contributed by atoms with Crippen molar-refractivity contribution in [2.24, 2.45) is 0 Å². The van der Waals surface area contributed by atoms with Gasteiger partial charge in [0, 0.05) is 34.9 Å². The molecule has 6 heteroatoms. The molecule has 0 unspecified atom stereocenters. The van der Waals surface area contributed by atoms with Crippen molar-refractivity contribution in [1.29, 1.82) is 5.26 Å². The highest BCUT2D eigenvalue weighted by Crippen LogP contribution is 2.23. The van der Waals surface area contributed by atoms with E-state index in [2.05, 4.69) is 6.07 Å². The van der Waals surface area contributed by atoms with Gasteiger partial charge in [0.25, 0.3) is 11.5 Å². The lowest BCUT2D eigenvalue weighted by atomic mass is 10.1. The van der Waals surface area contributed by atoms with Crippen LogP contribution in [0, 0.1) is 11.3 Å². The van der Waals surface area contributed by atoms with E-state index in [1.165, 1.54) is 4.57 Å². The lowest BCUT2D eigenvalue weighted by Gasteiger charge is -2.23. The van der Waals surface area contributed by atoms with Crippen molar-refractivity contribution in [3.63, 3.8) is 0 Å². The highest BCUT2D eigenvalue weighted by atomic mass is 16.5. The van der Waals surface area contributed by atoms with E-state index >= 15 is 0 Å². The second-order valence-electron chi connectivity index (χ2n) is 7.16. The van der Waals surface area contributed by atoms with E-state index in [-0.39, 0.29) is 24.4 Å². The van der Waals surface area contributed by atoms with Gasteiger partial charge in [-0.15, -0.1) is 0 Å². The lowest BCUT2D eigenvalue weighted by Crippen LogP contribution is -2.33. The van der Waals surface area contributed by atoms with Crippen LogP contribution >= 0.6 is 0 Å². The molecule has 0 radical (unpaired) electrons. The van der Waals surface area contributed by atoms with Crippen LogP contribution in [0.1, 0.15) is 16.8 Å². The Morgan fingerprint density at radius 2 is 1.62 bits per heavy atom. The Balaban J connectivity index is 1.90. The summed E-state index contributed by atoms with van der Waals surface area (Å²) < 4.78 is 6.69. The first kappa shape index (κ1) is 20.9. The molecule has 0 N–H and O–H groups in total. The summed E-state index contributed by atoms with van der Waals surface area (Å²) in [5.74, 6) is 0.399. The van der Waals surface area contributed by atoms with Crippen molar-refractivity contribution in [3.8, 4) is 17.5 Å². The normalized spacial score (nSPS) is 10.5. The number of amides is 1. The molecule has 1 aromatic heterocycles. The zero-order chi connectivity index (χ0) is 22.5. The van der Waals surface area contributed by atoms with Crippen LogP contribution in [0.15, 0.2) is 89.9 Å². The number of benzene rings is 3. The van der Waals surface area contributed by atoms with E-state index in [1.807, 2.05) is 30.3 Å². The molecule has 1 heterocycles. The van der Waals surface area contributed by atoms with Crippen LogP contribution in [-0.2, 0) is 0 Å². The molecule has 0 bridgehead atoms. The minimum atomic E-state index is -0.273. The van der Waals surface area contributed by atoms with Gasteiger partial charge in [-0.3, -0.25) is 14.2 Å². The Bertz CT molecular complexity index is 1350. The van der Waals surface area contributed by atoms with Crippen LogP contribution in [0.5, 0.6) is 5.75 Å². The number of ether oxygens (including phenoxy) is 1. The molecule has 0 saturated carbocycles. The van der Waals surface area contributed by atoms with Crippen LogP contribution in [-0.4, -0.2) is 24.1 Å². The summed E-state index contributed by atoms with van der Waals surface area (Å²) in [5, 5.41) is 10.1. The standard InChI is InChI=1S/C26H21N3O3/c1-32-21-14-12-20(13-15-21)29-18-24(22-10-5-6-11-23(22)25(29)30)26(31)28(17-7-16-27)19-8-3-2-4-9-19/h2-6,8-15,18H,7,17H2,1H3. The molecule has 0 spiro atoms. The lowest BCUT2D eigenvalue weighted by molar-refractivity contribution is 0.0988. The molecule has 0 saturated heterocycles.